The van der Waals surface area contributed by atoms with Crippen LogP contribution in [0.1, 0.15) is 24.3 Å². The molecule has 0 aliphatic carbocycles. The van der Waals surface area contributed by atoms with E-state index >= 15 is 0 Å². The van der Waals surface area contributed by atoms with Gasteiger partial charge in [-0.25, -0.2) is 9.48 Å². The maximum Gasteiger partial charge on any atom is 0.358 e. The van der Waals surface area contributed by atoms with Gasteiger partial charge in [0.25, 0.3) is 0 Å². The second-order valence-corrected chi connectivity index (χ2v) is 5.02. The number of rotatable bonds is 7. The van der Waals surface area contributed by atoms with Gasteiger partial charge in [-0.15, -0.1) is 5.10 Å². The Morgan fingerprint density at radius 2 is 2.10 bits per heavy atom. The third kappa shape index (κ3) is 3.85. The molecule has 7 heteroatoms. The zero-order chi connectivity index (χ0) is 15.2. The monoisotopic (exact) mass is 290 g/mol. The first kappa shape index (κ1) is 15.1. The summed E-state index contributed by atoms with van der Waals surface area (Å²) in [5.74, 6) is -0.647. The lowest BCUT2D eigenvalue weighted by atomic mass is 10.1. The van der Waals surface area contributed by atoms with Gasteiger partial charge in [-0.1, -0.05) is 19.1 Å². The number of aromatic nitrogens is 4. The quantitative estimate of drug-likeness (QED) is 0.781. The molecule has 0 aliphatic heterocycles. The van der Waals surface area contributed by atoms with Crippen LogP contribution >= 0.6 is 0 Å². The highest BCUT2D eigenvalue weighted by Crippen LogP contribution is 2.21. The normalized spacial score (nSPS) is 11.0. The molecular weight excluding hydrogens is 272 g/mol. The molecule has 0 saturated carbocycles. The van der Waals surface area contributed by atoms with Crippen molar-refractivity contribution in [2.45, 2.75) is 20.4 Å². The molecule has 2 aromatic rings. The van der Waals surface area contributed by atoms with Crippen LogP contribution in [0.4, 0.5) is 0 Å². The predicted molar refractivity (Wildman–Crippen MR) is 75.9 cm³/mol. The molecule has 0 fully saturated rings. The Hall–Kier alpha value is -2.28. The van der Waals surface area contributed by atoms with Crippen LogP contribution in [0.5, 0.6) is 0 Å². The molecule has 0 radical (unpaired) electrons. The molecule has 0 aromatic carbocycles. The van der Waals surface area contributed by atoms with Crippen molar-refractivity contribution in [3.05, 3.63) is 30.2 Å². The highest BCUT2D eigenvalue weighted by molar-refractivity contribution is 5.92. The number of carboxylic acid groups (broad SMARTS) is 1. The van der Waals surface area contributed by atoms with Crippen molar-refractivity contribution < 1.29 is 14.6 Å². The van der Waals surface area contributed by atoms with E-state index in [0.29, 0.717) is 31.4 Å². The third-order valence-electron chi connectivity index (χ3n) is 2.79. The lowest BCUT2D eigenvalue weighted by molar-refractivity contribution is 0.0691. The molecule has 21 heavy (non-hydrogen) atoms. The Labute approximate surface area is 122 Å². The van der Waals surface area contributed by atoms with E-state index in [9.17, 15) is 9.90 Å². The summed E-state index contributed by atoms with van der Waals surface area (Å²) in [6.45, 7) is 5.70. The van der Waals surface area contributed by atoms with Crippen molar-refractivity contribution in [2.75, 3.05) is 13.2 Å². The van der Waals surface area contributed by atoms with E-state index < -0.39 is 5.97 Å². The highest BCUT2D eigenvalue weighted by atomic mass is 16.5. The first-order chi connectivity index (χ1) is 10.1. The van der Waals surface area contributed by atoms with Crippen molar-refractivity contribution in [3.63, 3.8) is 0 Å². The average molecular weight is 290 g/mol. The first-order valence-corrected chi connectivity index (χ1v) is 6.74. The topological polar surface area (TPSA) is 90.1 Å². The minimum absolute atomic E-state index is 0.0648. The number of carboxylic acids is 1. The van der Waals surface area contributed by atoms with E-state index in [1.165, 1.54) is 0 Å². The molecule has 2 aromatic heterocycles. The fraction of sp³-hybridized carbons (Fsp3) is 0.429. The van der Waals surface area contributed by atoms with Gasteiger partial charge in [-0.2, -0.15) is 0 Å². The number of hydrogen-bond acceptors (Lipinski definition) is 5. The van der Waals surface area contributed by atoms with Gasteiger partial charge < -0.3 is 9.84 Å². The van der Waals surface area contributed by atoms with Crippen molar-refractivity contribution in [3.8, 4) is 11.3 Å². The Kier molecular flexibility index (Phi) is 4.99. The van der Waals surface area contributed by atoms with Crippen LogP contribution in [0.15, 0.2) is 24.5 Å². The number of carbonyl (C=O) groups is 1. The second kappa shape index (κ2) is 6.94. The molecule has 1 N–H and O–H groups in total. The number of aromatic carboxylic acids is 1. The number of nitrogens with zero attached hydrogens (tertiary/aromatic N) is 4. The standard InChI is InChI=1S/C14H18N4O3/c1-10(2)9-21-8-7-18-13(11-3-5-15-6-4-11)12(14(19)20)16-17-18/h3-6,10H,7-9H2,1-2H3,(H,19,20). The van der Waals surface area contributed by atoms with Crippen LogP contribution in [0.2, 0.25) is 0 Å². The summed E-state index contributed by atoms with van der Waals surface area (Å²) in [5, 5.41) is 16.9. The van der Waals surface area contributed by atoms with E-state index in [1.807, 2.05) is 0 Å². The maximum absolute atomic E-state index is 11.3. The summed E-state index contributed by atoms with van der Waals surface area (Å²) in [6.07, 6.45) is 3.21. The van der Waals surface area contributed by atoms with Crippen LogP contribution < -0.4 is 0 Å². The highest BCUT2D eigenvalue weighted by Gasteiger charge is 2.20. The van der Waals surface area contributed by atoms with E-state index in [4.69, 9.17) is 4.74 Å². The van der Waals surface area contributed by atoms with Gasteiger partial charge in [0, 0.05) is 24.6 Å². The van der Waals surface area contributed by atoms with Crippen molar-refractivity contribution >= 4 is 5.97 Å². The van der Waals surface area contributed by atoms with Crippen LogP contribution in [0.25, 0.3) is 11.3 Å². The minimum atomic E-state index is -1.10. The summed E-state index contributed by atoms with van der Waals surface area (Å²) >= 11 is 0. The van der Waals surface area contributed by atoms with E-state index in [-0.39, 0.29) is 5.69 Å². The first-order valence-electron chi connectivity index (χ1n) is 6.74. The molecule has 0 bridgehead atoms. The summed E-state index contributed by atoms with van der Waals surface area (Å²) in [4.78, 5) is 15.2. The average Bonchev–Trinajstić information content (AvgIpc) is 2.88. The molecule has 0 atom stereocenters. The fourth-order valence-corrected chi connectivity index (χ4v) is 1.88. The Balaban J connectivity index is 2.20. The van der Waals surface area contributed by atoms with Crippen LogP contribution in [0.3, 0.4) is 0 Å². The minimum Gasteiger partial charge on any atom is -0.476 e. The van der Waals surface area contributed by atoms with E-state index in [1.54, 1.807) is 29.2 Å². The SMILES string of the molecule is CC(C)COCCn1nnc(C(=O)O)c1-c1ccncc1. The lowest BCUT2D eigenvalue weighted by Crippen LogP contribution is -2.12. The zero-order valence-electron chi connectivity index (χ0n) is 12.1. The Morgan fingerprint density at radius 3 is 2.71 bits per heavy atom. The fourth-order valence-electron chi connectivity index (χ4n) is 1.88. The van der Waals surface area contributed by atoms with Gasteiger partial charge >= 0.3 is 5.97 Å². The summed E-state index contributed by atoms with van der Waals surface area (Å²) in [6, 6.07) is 3.47. The van der Waals surface area contributed by atoms with Gasteiger partial charge in [-0.05, 0) is 18.1 Å². The molecule has 0 unspecified atom stereocenters. The number of hydrogen-bond donors (Lipinski definition) is 1. The Morgan fingerprint density at radius 1 is 1.38 bits per heavy atom. The maximum atomic E-state index is 11.3. The molecule has 0 amide bonds. The number of ether oxygens (including phenoxy) is 1. The predicted octanol–water partition coefficient (Wildman–Crippen LogP) is 1.71. The lowest BCUT2D eigenvalue weighted by Gasteiger charge is -2.09. The summed E-state index contributed by atoms with van der Waals surface area (Å²) in [5.41, 5.74) is 1.12. The van der Waals surface area contributed by atoms with Crippen molar-refractivity contribution in [1.82, 2.24) is 20.0 Å². The van der Waals surface area contributed by atoms with Gasteiger partial charge in [0.2, 0.25) is 0 Å². The molecule has 2 heterocycles. The third-order valence-corrected chi connectivity index (χ3v) is 2.79. The smallest absolute Gasteiger partial charge is 0.358 e. The zero-order valence-corrected chi connectivity index (χ0v) is 12.1. The summed E-state index contributed by atoms with van der Waals surface area (Å²) in [7, 11) is 0. The van der Waals surface area contributed by atoms with E-state index in [0.717, 1.165) is 5.56 Å². The van der Waals surface area contributed by atoms with Gasteiger partial charge in [0.05, 0.1) is 13.2 Å². The largest absolute Gasteiger partial charge is 0.476 e. The molecule has 2 rings (SSSR count). The Bertz CT molecular complexity index is 596. The van der Waals surface area contributed by atoms with Crippen molar-refractivity contribution in [2.24, 2.45) is 5.92 Å². The van der Waals surface area contributed by atoms with Crippen LogP contribution in [-0.4, -0.2) is 44.3 Å². The van der Waals surface area contributed by atoms with Gasteiger partial charge in [-0.3, -0.25) is 4.98 Å². The second-order valence-electron chi connectivity index (χ2n) is 5.02. The molecule has 0 spiro atoms. The summed E-state index contributed by atoms with van der Waals surface area (Å²) < 4.78 is 7.07. The molecule has 7 nitrogen and oxygen atoms in total. The van der Waals surface area contributed by atoms with Crippen LogP contribution in [0, 0.1) is 5.92 Å². The van der Waals surface area contributed by atoms with Gasteiger partial charge in [0.1, 0.15) is 5.69 Å². The number of pyridine rings is 1. The molecule has 0 aliphatic rings. The molecule has 112 valence electrons. The van der Waals surface area contributed by atoms with E-state index in [2.05, 4.69) is 29.1 Å². The molecular formula is C14H18N4O3. The van der Waals surface area contributed by atoms with Crippen LogP contribution in [-0.2, 0) is 11.3 Å². The van der Waals surface area contributed by atoms with Crippen molar-refractivity contribution in [1.29, 1.82) is 0 Å². The molecule has 0 saturated heterocycles. The van der Waals surface area contributed by atoms with Gasteiger partial charge in [0.15, 0.2) is 5.69 Å².